The Labute approximate surface area is 389 Å². The van der Waals surface area contributed by atoms with Gasteiger partial charge in [-0.25, -0.2) is 0 Å². The maximum Gasteiger partial charge on any atom is 0.0543 e. The lowest BCUT2D eigenvalue weighted by atomic mass is 9.70. The van der Waals surface area contributed by atoms with Crippen LogP contribution in [0.15, 0.2) is 176 Å². The van der Waals surface area contributed by atoms with E-state index >= 15 is 0 Å². The minimum atomic E-state index is -0.194. The number of nitrogens with zero attached hydrogens (tertiary/aromatic N) is 2. The van der Waals surface area contributed by atoms with Crippen LogP contribution in [0.25, 0.3) is 54.6 Å². The Morgan fingerprint density at radius 1 is 0.379 bits per heavy atom. The molecular weight excluding hydrogens is 797 g/mol. The van der Waals surface area contributed by atoms with Crippen LogP contribution in [0.3, 0.4) is 0 Å². The smallest absolute Gasteiger partial charge is 0.0543 e. The van der Waals surface area contributed by atoms with Gasteiger partial charge in [-0.1, -0.05) is 163 Å². The monoisotopic (exact) mass is 850 g/mol. The maximum absolute atomic E-state index is 2.61. The third-order valence-corrected chi connectivity index (χ3v) is 16.1. The molecule has 0 atom stereocenters. The summed E-state index contributed by atoms with van der Waals surface area (Å²) in [6, 6.07) is 66.8. The predicted molar refractivity (Wildman–Crippen MR) is 281 cm³/mol. The molecule has 2 nitrogen and oxygen atoms in total. The molecule has 13 rings (SSSR count). The molecule has 10 aromatic rings. The van der Waals surface area contributed by atoms with Gasteiger partial charge in [-0.15, -0.1) is 0 Å². The third-order valence-electron chi connectivity index (χ3n) is 16.1. The van der Waals surface area contributed by atoms with Crippen molar-refractivity contribution in [1.82, 2.24) is 0 Å². The van der Waals surface area contributed by atoms with Crippen molar-refractivity contribution in [3.8, 4) is 22.3 Å². The summed E-state index contributed by atoms with van der Waals surface area (Å²) in [6.07, 6.45) is 2.11. The summed E-state index contributed by atoms with van der Waals surface area (Å²) in [5, 5.41) is 8.11. The van der Waals surface area contributed by atoms with Gasteiger partial charge in [-0.05, 0) is 157 Å². The van der Waals surface area contributed by atoms with Gasteiger partial charge in [0.05, 0.1) is 22.7 Å². The maximum atomic E-state index is 2.61. The van der Waals surface area contributed by atoms with Crippen molar-refractivity contribution in [2.45, 2.75) is 77.6 Å². The third kappa shape index (κ3) is 5.24. The standard InChI is InChI=1S/C64H54N2/c1-39-36-55(65(41-20-10-8-11-21-41)53-30-18-26-46-44-24-14-16-28-50(44)63(4,5)60(46)53)49-38-52-57-40(34-35-62(52,2)3)37-56(48-33-32-43(39)58(49)59(48)57)66(42-22-12-9-13-23-42)54-31-19-27-47-45-25-15-17-29-51(45)64(6,7)61(47)54/h8-33,36-38H,34-35H2,1-7H3. The second-order valence-corrected chi connectivity index (χ2v) is 21.0. The van der Waals surface area contributed by atoms with Crippen LogP contribution in [0, 0.1) is 6.92 Å². The number of aryl methyl sites for hydroxylation is 2. The molecule has 0 amide bonds. The average molecular weight is 851 g/mol. The highest BCUT2D eigenvalue weighted by Crippen LogP contribution is 2.59. The topological polar surface area (TPSA) is 6.48 Å². The van der Waals surface area contributed by atoms with Crippen LogP contribution in [0.1, 0.15) is 86.9 Å². The fourth-order valence-corrected chi connectivity index (χ4v) is 13.0. The van der Waals surface area contributed by atoms with E-state index in [-0.39, 0.29) is 16.2 Å². The molecule has 0 unspecified atom stereocenters. The average Bonchev–Trinajstić information content (AvgIpc) is 3.72. The zero-order valence-corrected chi connectivity index (χ0v) is 39.1. The van der Waals surface area contributed by atoms with Crippen molar-refractivity contribution >= 4 is 66.4 Å². The van der Waals surface area contributed by atoms with E-state index in [1.165, 1.54) is 122 Å². The van der Waals surface area contributed by atoms with Gasteiger partial charge in [0.15, 0.2) is 0 Å². The first-order chi connectivity index (χ1) is 31.9. The van der Waals surface area contributed by atoms with Crippen molar-refractivity contribution in [1.29, 1.82) is 0 Å². The number of hydrogen-bond donors (Lipinski definition) is 0. The van der Waals surface area contributed by atoms with Crippen molar-refractivity contribution in [3.63, 3.8) is 0 Å². The summed E-state index contributed by atoms with van der Waals surface area (Å²) in [6.45, 7) is 16.9. The van der Waals surface area contributed by atoms with E-state index in [2.05, 4.69) is 234 Å². The molecule has 0 aliphatic heterocycles. The highest BCUT2D eigenvalue weighted by atomic mass is 15.2. The predicted octanol–water partition coefficient (Wildman–Crippen LogP) is 17.7. The fourth-order valence-electron chi connectivity index (χ4n) is 13.0. The van der Waals surface area contributed by atoms with Gasteiger partial charge >= 0.3 is 0 Å². The highest BCUT2D eigenvalue weighted by Gasteiger charge is 2.41. The van der Waals surface area contributed by atoms with Crippen LogP contribution in [0.5, 0.6) is 0 Å². The molecule has 66 heavy (non-hydrogen) atoms. The second kappa shape index (κ2) is 13.7. The molecule has 0 aromatic heterocycles. The number of rotatable bonds is 6. The van der Waals surface area contributed by atoms with Crippen LogP contribution >= 0.6 is 0 Å². The summed E-state index contributed by atoms with van der Waals surface area (Å²) in [4.78, 5) is 5.20. The molecule has 3 aliphatic rings. The molecule has 2 heteroatoms. The number of anilines is 6. The van der Waals surface area contributed by atoms with Gasteiger partial charge in [-0.2, -0.15) is 0 Å². The first-order valence-electron chi connectivity index (χ1n) is 23.9. The van der Waals surface area contributed by atoms with Gasteiger partial charge in [0.1, 0.15) is 0 Å². The van der Waals surface area contributed by atoms with Gasteiger partial charge in [0, 0.05) is 38.4 Å². The number of benzene rings is 10. The van der Waals surface area contributed by atoms with Gasteiger partial charge in [0.2, 0.25) is 0 Å². The fraction of sp³-hybridized carbons (Fsp3) is 0.188. The van der Waals surface area contributed by atoms with E-state index in [1.54, 1.807) is 0 Å². The molecule has 10 aromatic carbocycles. The van der Waals surface area contributed by atoms with Gasteiger partial charge in [-0.3, -0.25) is 0 Å². The minimum Gasteiger partial charge on any atom is -0.310 e. The largest absolute Gasteiger partial charge is 0.310 e. The Kier molecular flexibility index (Phi) is 8.14. The van der Waals surface area contributed by atoms with Crippen LogP contribution < -0.4 is 9.80 Å². The Bertz CT molecular complexity index is 3630. The Balaban J connectivity index is 1.14. The van der Waals surface area contributed by atoms with E-state index in [0.29, 0.717) is 0 Å². The van der Waals surface area contributed by atoms with Crippen LogP contribution in [0.4, 0.5) is 34.1 Å². The summed E-state index contributed by atoms with van der Waals surface area (Å²) >= 11 is 0. The number of hydrogen-bond acceptors (Lipinski definition) is 2. The molecule has 0 bridgehead atoms. The Hall–Kier alpha value is -7.16. The van der Waals surface area contributed by atoms with E-state index in [4.69, 9.17) is 0 Å². The number of fused-ring (bicyclic) bond motifs is 6. The van der Waals surface area contributed by atoms with E-state index < -0.39 is 0 Å². The van der Waals surface area contributed by atoms with Crippen molar-refractivity contribution < 1.29 is 0 Å². The molecule has 0 heterocycles. The summed E-state index contributed by atoms with van der Waals surface area (Å²) < 4.78 is 0. The normalized spacial score (nSPS) is 15.7. The van der Waals surface area contributed by atoms with Crippen LogP contribution in [0.2, 0.25) is 0 Å². The van der Waals surface area contributed by atoms with Crippen molar-refractivity contribution in [2.24, 2.45) is 0 Å². The Morgan fingerprint density at radius 3 is 1.42 bits per heavy atom. The van der Waals surface area contributed by atoms with Crippen molar-refractivity contribution in [2.75, 3.05) is 9.80 Å². The van der Waals surface area contributed by atoms with Crippen LogP contribution in [-0.2, 0) is 22.7 Å². The molecule has 0 fully saturated rings. The molecule has 320 valence electrons. The summed E-state index contributed by atoms with van der Waals surface area (Å²) in [7, 11) is 0. The summed E-state index contributed by atoms with van der Waals surface area (Å²) in [5.41, 5.74) is 21.9. The Morgan fingerprint density at radius 2 is 0.864 bits per heavy atom. The van der Waals surface area contributed by atoms with E-state index in [0.717, 1.165) is 18.5 Å². The first kappa shape index (κ1) is 39.2. The molecule has 0 saturated carbocycles. The first-order valence-corrected chi connectivity index (χ1v) is 23.9. The molecule has 0 radical (unpaired) electrons. The molecule has 0 N–H and O–H groups in total. The lowest BCUT2D eigenvalue weighted by Crippen LogP contribution is -2.24. The van der Waals surface area contributed by atoms with Gasteiger partial charge < -0.3 is 9.80 Å². The minimum absolute atomic E-state index is 0.0200. The quantitative estimate of drug-likeness (QED) is 0.154. The lowest BCUT2D eigenvalue weighted by Gasteiger charge is -2.38. The molecular formula is C64H54N2. The number of para-hydroxylation sites is 2. The van der Waals surface area contributed by atoms with E-state index in [9.17, 15) is 0 Å². The zero-order valence-electron chi connectivity index (χ0n) is 39.1. The SMILES string of the molecule is Cc1cc(N(c2ccccc2)c2cccc3c2C(C)(C)c2ccccc2-3)c2cc3c4c(cc(N(c5ccccc5)c5cccc6c5C(C)(C)c5ccccc5-6)c5ccc1c2c54)CCC3(C)C. The summed E-state index contributed by atoms with van der Waals surface area (Å²) in [5.74, 6) is 0. The van der Waals surface area contributed by atoms with E-state index in [1.807, 2.05) is 0 Å². The van der Waals surface area contributed by atoms with Gasteiger partial charge in [0.25, 0.3) is 0 Å². The lowest BCUT2D eigenvalue weighted by molar-refractivity contribution is 0.475. The molecule has 0 saturated heterocycles. The molecule has 3 aliphatic carbocycles. The van der Waals surface area contributed by atoms with Crippen LogP contribution in [-0.4, -0.2) is 0 Å². The highest BCUT2D eigenvalue weighted by molar-refractivity contribution is 6.30. The van der Waals surface area contributed by atoms with Crippen molar-refractivity contribution in [3.05, 3.63) is 215 Å². The molecule has 0 spiro atoms. The zero-order chi connectivity index (χ0) is 44.9. The second-order valence-electron chi connectivity index (χ2n) is 21.0.